The summed E-state index contributed by atoms with van der Waals surface area (Å²) >= 11 is 0. The van der Waals surface area contributed by atoms with Crippen LogP contribution in [-0.2, 0) is 0 Å². The van der Waals surface area contributed by atoms with Crippen molar-refractivity contribution in [1.29, 1.82) is 0 Å². The minimum absolute atomic E-state index is 0.0145. The molecule has 3 amide bonds. The highest BCUT2D eigenvalue weighted by atomic mass is 19.1. The summed E-state index contributed by atoms with van der Waals surface area (Å²) in [6, 6.07) is 3.70. The summed E-state index contributed by atoms with van der Waals surface area (Å²) in [7, 11) is 1.32. The van der Waals surface area contributed by atoms with E-state index in [1.54, 1.807) is 13.8 Å². The maximum absolute atomic E-state index is 13.8. The molecule has 0 bridgehead atoms. The standard InChI is InChI=1S/C13H18FN3O4/c1-13(2,17-12(19)20)7-15-11(18)16-8-5-4-6-9(21-3)10(8)14/h4-6,17H,7H2,1-3H3,(H,19,20)(H2,15,16,18). The molecule has 0 heterocycles. The molecule has 4 N–H and O–H groups in total. The predicted molar refractivity (Wildman–Crippen MR) is 75.2 cm³/mol. The predicted octanol–water partition coefficient (Wildman–Crippen LogP) is 2.00. The van der Waals surface area contributed by atoms with Gasteiger partial charge < -0.3 is 25.8 Å². The molecule has 1 aromatic carbocycles. The molecule has 0 aliphatic rings. The molecule has 1 aromatic rings. The van der Waals surface area contributed by atoms with Gasteiger partial charge in [0.15, 0.2) is 11.6 Å². The number of ether oxygens (including phenoxy) is 1. The van der Waals surface area contributed by atoms with Crippen molar-refractivity contribution in [2.75, 3.05) is 19.0 Å². The van der Waals surface area contributed by atoms with Crippen LogP contribution in [0.4, 0.5) is 19.7 Å². The number of hydrogen-bond donors (Lipinski definition) is 4. The van der Waals surface area contributed by atoms with Crippen LogP contribution in [0.15, 0.2) is 18.2 Å². The Morgan fingerprint density at radius 1 is 1.38 bits per heavy atom. The third-order valence-electron chi connectivity index (χ3n) is 2.57. The van der Waals surface area contributed by atoms with Crippen LogP contribution in [0, 0.1) is 5.82 Å². The van der Waals surface area contributed by atoms with E-state index in [1.165, 1.54) is 25.3 Å². The molecule has 0 aliphatic carbocycles. The van der Waals surface area contributed by atoms with Crippen molar-refractivity contribution in [1.82, 2.24) is 10.6 Å². The van der Waals surface area contributed by atoms with Gasteiger partial charge in [0, 0.05) is 6.54 Å². The summed E-state index contributed by atoms with van der Waals surface area (Å²) in [5.74, 6) is -0.668. The number of amides is 3. The molecule has 0 atom stereocenters. The first-order valence-corrected chi connectivity index (χ1v) is 6.13. The molecule has 7 nitrogen and oxygen atoms in total. The molecule has 0 saturated carbocycles. The number of carboxylic acid groups (broad SMARTS) is 1. The SMILES string of the molecule is COc1cccc(NC(=O)NCC(C)(C)NC(=O)O)c1F. The first-order chi connectivity index (χ1) is 9.75. The van der Waals surface area contributed by atoms with Gasteiger partial charge >= 0.3 is 12.1 Å². The van der Waals surface area contributed by atoms with E-state index in [9.17, 15) is 14.0 Å². The minimum atomic E-state index is -1.19. The number of urea groups is 1. The number of carbonyl (C=O) groups is 2. The lowest BCUT2D eigenvalue weighted by molar-refractivity contribution is 0.181. The molecule has 0 aliphatic heterocycles. The molecule has 0 unspecified atom stereocenters. The fourth-order valence-corrected chi connectivity index (χ4v) is 1.57. The Bertz CT molecular complexity index is 534. The van der Waals surface area contributed by atoms with Gasteiger partial charge in [0.05, 0.1) is 18.3 Å². The third-order valence-corrected chi connectivity index (χ3v) is 2.57. The summed E-state index contributed by atoms with van der Waals surface area (Å²) in [6.45, 7) is 3.25. The summed E-state index contributed by atoms with van der Waals surface area (Å²) in [6.07, 6.45) is -1.19. The van der Waals surface area contributed by atoms with Crippen molar-refractivity contribution in [2.24, 2.45) is 0 Å². The second-order valence-electron chi connectivity index (χ2n) is 4.94. The van der Waals surface area contributed by atoms with Gasteiger partial charge in [-0.15, -0.1) is 0 Å². The second-order valence-corrected chi connectivity index (χ2v) is 4.94. The van der Waals surface area contributed by atoms with Crippen LogP contribution in [0.5, 0.6) is 5.75 Å². The normalized spacial score (nSPS) is 10.7. The number of carbonyl (C=O) groups excluding carboxylic acids is 1. The highest BCUT2D eigenvalue weighted by Crippen LogP contribution is 2.23. The highest BCUT2D eigenvalue weighted by Gasteiger charge is 2.21. The molecule has 0 radical (unpaired) electrons. The van der Waals surface area contributed by atoms with Crippen LogP contribution in [0.25, 0.3) is 0 Å². The highest BCUT2D eigenvalue weighted by molar-refractivity contribution is 5.89. The molecule has 116 valence electrons. The third kappa shape index (κ3) is 5.17. The number of rotatable bonds is 5. The Kier molecular flexibility index (Phi) is 5.34. The Labute approximate surface area is 121 Å². The van der Waals surface area contributed by atoms with Gasteiger partial charge in [-0.2, -0.15) is 0 Å². The average Bonchev–Trinajstić information content (AvgIpc) is 2.37. The molecule has 0 saturated heterocycles. The van der Waals surface area contributed by atoms with E-state index >= 15 is 0 Å². The summed E-state index contributed by atoms with van der Waals surface area (Å²) in [5, 5.41) is 15.7. The van der Waals surface area contributed by atoms with E-state index in [0.717, 1.165) is 0 Å². The van der Waals surface area contributed by atoms with Crippen molar-refractivity contribution in [3.05, 3.63) is 24.0 Å². The van der Waals surface area contributed by atoms with Crippen LogP contribution in [0.1, 0.15) is 13.8 Å². The zero-order valence-electron chi connectivity index (χ0n) is 12.0. The van der Waals surface area contributed by atoms with E-state index in [-0.39, 0.29) is 18.0 Å². The van der Waals surface area contributed by atoms with Crippen molar-refractivity contribution < 1.29 is 23.8 Å². The maximum atomic E-state index is 13.8. The zero-order valence-corrected chi connectivity index (χ0v) is 12.0. The number of hydrogen-bond acceptors (Lipinski definition) is 3. The molecule has 8 heteroatoms. The Morgan fingerprint density at radius 3 is 2.62 bits per heavy atom. The lowest BCUT2D eigenvalue weighted by Gasteiger charge is -2.24. The number of benzene rings is 1. The van der Waals surface area contributed by atoms with Crippen molar-refractivity contribution >= 4 is 17.8 Å². The van der Waals surface area contributed by atoms with E-state index in [1.807, 2.05) is 0 Å². The smallest absolute Gasteiger partial charge is 0.405 e. The number of nitrogens with one attached hydrogen (secondary N) is 3. The van der Waals surface area contributed by atoms with Gasteiger partial charge in [0.25, 0.3) is 0 Å². The van der Waals surface area contributed by atoms with Crippen LogP contribution in [-0.4, -0.2) is 36.4 Å². The number of halogens is 1. The van der Waals surface area contributed by atoms with E-state index in [0.29, 0.717) is 0 Å². The van der Waals surface area contributed by atoms with Crippen LogP contribution in [0.2, 0.25) is 0 Å². The zero-order chi connectivity index (χ0) is 16.0. The molecular formula is C13H18FN3O4. The fourth-order valence-electron chi connectivity index (χ4n) is 1.57. The van der Waals surface area contributed by atoms with E-state index in [2.05, 4.69) is 16.0 Å². The van der Waals surface area contributed by atoms with Gasteiger partial charge in [0.1, 0.15) is 0 Å². The van der Waals surface area contributed by atoms with Crippen LogP contribution < -0.4 is 20.7 Å². The molecule has 0 spiro atoms. The number of methoxy groups -OCH3 is 1. The average molecular weight is 299 g/mol. The summed E-state index contributed by atoms with van der Waals surface area (Å²) in [5.41, 5.74) is -0.883. The summed E-state index contributed by atoms with van der Waals surface area (Å²) < 4.78 is 18.6. The molecule has 0 aromatic heterocycles. The van der Waals surface area contributed by atoms with Gasteiger partial charge in [-0.05, 0) is 26.0 Å². The fraction of sp³-hybridized carbons (Fsp3) is 0.385. The number of anilines is 1. The van der Waals surface area contributed by atoms with Crippen LogP contribution in [0.3, 0.4) is 0 Å². The first-order valence-electron chi connectivity index (χ1n) is 6.13. The Morgan fingerprint density at radius 2 is 2.05 bits per heavy atom. The quantitative estimate of drug-likeness (QED) is 0.668. The molecule has 0 fully saturated rings. The molecule has 21 heavy (non-hydrogen) atoms. The van der Waals surface area contributed by atoms with E-state index < -0.39 is 23.5 Å². The Balaban J connectivity index is 2.61. The largest absolute Gasteiger partial charge is 0.494 e. The first kappa shape index (κ1) is 16.5. The van der Waals surface area contributed by atoms with Gasteiger partial charge in [0.2, 0.25) is 0 Å². The van der Waals surface area contributed by atoms with Gasteiger partial charge in [-0.3, -0.25) is 0 Å². The topological polar surface area (TPSA) is 99.7 Å². The van der Waals surface area contributed by atoms with Gasteiger partial charge in [-0.25, -0.2) is 14.0 Å². The van der Waals surface area contributed by atoms with Crippen LogP contribution >= 0.6 is 0 Å². The summed E-state index contributed by atoms with van der Waals surface area (Å²) in [4.78, 5) is 22.3. The lowest BCUT2D eigenvalue weighted by Crippen LogP contribution is -2.51. The minimum Gasteiger partial charge on any atom is -0.494 e. The van der Waals surface area contributed by atoms with Gasteiger partial charge in [-0.1, -0.05) is 6.07 Å². The monoisotopic (exact) mass is 299 g/mol. The van der Waals surface area contributed by atoms with E-state index in [4.69, 9.17) is 9.84 Å². The lowest BCUT2D eigenvalue weighted by atomic mass is 10.1. The van der Waals surface area contributed by atoms with Crippen molar-refractivity contribution in [3.63, 3.8) is 0 Å². The molecular weight excluding hydrogens is 281 g/mol. The molecule has 1 rings (SSSR count). The maximum Gasteiger partial charge on any atom is 0.405 e. The van der Waals surface area contributed by atoms with Crippen molar-refractivity contribution in [3.8, 4) is 5.75 Å². The van der Waals surface area contributed by atoms with Crippen molar-refractivity contribution in [2.45, 2.75) is 19.4 Å². The Hall–Kier alpha value is -2.51. The second kappa shape index (κ2) is 6.78.